The highest BCUT2D eigenvalue weighted by Gasteiger charge is 2.80. The number of hydrogen-bond acceptors (Lipinski definition) is 4. The average Bonchev–Trinajstić information content (AvgIpc) is 3.13. The van der Waals surface area contributed by atoms with Crippen LogP contribution in [0.4, 0.5) is 5.69 Å². The maximum Gasteiger partial charge on any atom is 0.264 e. The first-order valence-corrected chi connectivity index (χ1v) is 9.55. The van der Waals surface area contributed by atoms with Gasteiger partial charge in [0.1, 0.15) is 5.41 Å². The van der Waals surface area contributed by atoms with Gasteiger partial charge in [-0.1, -0.05) is 24.3 Å². The minimum absolute atomic E-state index is 0.0170. The summed E-state index contributed by atoms with van der Waals surface area (Å²) in [4.78, 5) is 21.9. The Bertz CT molecular complexity index is 840. The van der Waals surface area contributed by atoms with E-state index in [9.17, 15) is 4.79 Å². The Kier molecular flexibility index (Phi) is 2.71. The van der Waals surface area contributed by atoms with Crippen LogP contribution in [0, 0.1) is 23.2 Å². The Morgan fingerprint density at radius 3 is 2.96 bits per heavy atom. The van der Waals surface area contributed by atoms with Gasteiger partial charge in [-0.3, -0.25) is 9.63 Å². The lowest BCUT2D eigenvalue weighted by Crippen LogP contribution is -2.63. The van der Waals surface area contributed by atoms with E-state index in [0.717, 1.165) is 30.8 Å². The van der Waals surface area contributed by atoms with Crippen LogP contribution in [0.2, 0.25) is 0 Å². The molecule has 0 N–H and O–H groups in total. The fourth-order valence-electron chi connectivity index (χ4n) is 7.64. The minimum Gasteiger partial charge on any atom is -0.376 e. The first-order valence-electron chi connectivity index (χ1n) is 9.55. The van der Waals surface area contributed by atoms with Crippen LogP contribution in [0.25, 0.3) is 0 Å². The normalized spacial score (nSPS) is 47.8. The fourth-order valence-corrected chi connectivity index (χ4v) is 7.64. The summed E-state index contributed by atoms with van der Waals surface area (Å²) >= 11 is 0. The second-order valence-corrected chi connectivity index (χ2v) is 8.70. The predicted octanol–water partition coefficient (Wildman–Crippen LogP) is 1.98. The summed E-state index contributed by atoms with van der Waals surface area (Å²) in [6.07, 6.45) is 3.04. The molecule has 2 aliphatic carbocycles. The van der Waals surface area contributed by atoms with E-state index in [0.29, 0.717) is 17.9 Å². The van der Waals surface area contributed by atoms with Crippen molar-refractivity contribution in [3.05, 3.63) is 42.5 Å². The molecule has 1 aromatic carbocycles. The molecule has 3 heterocycles. The molecule has 0 radical (unpaired) electrons. The van der Waals surface area contributed by atoms with Crippen molar-refractivity contribution in [2.45, 2.75) is 24.0 Å². The number of nitrogens with zero attached hydrogens (tertiary/aromatic N) is 2. The van der Waals surface area contributed by atoms with Crippen LogP contribution in [-0.4, -0.2) is 50.3 Å². The molecule has 1 aromatic rings. The number of amides is 1. The summed E-state index contributed by atoms with van der Waals surface area (Å²) in [5, 5.41) is 1.50. The highest BCUT2D eigenvalue weighted by atomic mass is 16.7. The van der Waals surface area contributed by atoms with E-state index in [1.165, 1.54) is 5.06 Å². The number of para-hydroxylation sites is 1. The van der Waals surface area contributed by atoms with Crippen molar-refractivity contribution in [3.63, 3.8) is 0 Å². The Morgan fingerprint density at radius 2 is 2.19 bits per heavy atom. The number of hydroxylamine groups is 1. The molecular formula is C21H24N2O3. The molecule has 1 spiro atoms. The van der Waals surface area contributed by atoms with Crippen molar-refractivity contribution in [2.75, 3.05) is 32.4 Å². The first-order chi connectivity index (χ1) is 12.6. The van der Waals surface area contributed by atoms with Gasteiger partial charge in [0.25, 0.3) is 5.91 Å². The van der Waals surface area contributed by atoms with E-state index in [2.05, 4.69) is 30.7 Å². The largest absolute Gasteiger partial charge is 0.376 e. The van der Waals surface area contributed by atoms with Gasteiger partial charge < -0.3 is 9.64 Å². The smallest absolute Gasteiger partial charge is 0.264 e. The first kappa shape index (κ1) is 15.4. The molecule has 4 fully saturated rings. The maximum atomic E-state index is 13.9. The molecule has 7 atom stereocenters. The molecular weight excluding hydrogens is 328 g/mol. The molecule has 5 aliphatic rings. The van der Waals surface area contributed by atoms with Crippen molar-refractivity contribution in [1.82, 2.24) is 4.90 Å². The molecule has 136 valence electrons. The summed E-state index contributed by atoms with van der Waals surface area (Å²) in [5.74, 6) is 1.31. The van der Waals surface area contributed by atoms with Gasteiger partial charge in [0.15, 0.2) is 0 Å². The van der Waals surface area contributed by atoms with Gasteiger partial charge in [0, 0.05) is 29.8 Å². The van der Waals surface area contributed by atoms with E-state index in [-0.39, 0.29) is 23.3 Å². The number of rotatable bonds is 2. The summed E-state index contributed by atoms with van der Waals surface area (Å²) in [6.45, 7) is 6.00. The quantitative estimate of drug-likeness (QED) is 0.764. The van der Waals surface area contributed by atoms with Crippen LogP contribution in [0.3, 0.4) is 0 Å². The average molecular weight is 352 g/mol. The van der Waals surface area contributed by atoms with E-state index in [1.54, 1.807) is 7.11 Å². The van der Waals surface area contributed by atoms with Gasteiger partial charge in [-0.15, -0.1) is 6.58 Å². The second kappa shape index (κ2) is 4.58. The van der Waals surface area contributed by atoms with E-state index in [1.807, 2.05) is 18.2 Å². The van der Waals surface area contributed by atoms with Crippen LogP contribution < -0.4 is 5.06 Å². The number of piperidine rings is 1. The van der Waals surface area contributed by atoms with E-state index in [4.69, 9.17) is 9.57 Å². The SMILES string of the molecule is C=C[C@]12CN(C)[C@@H]3C4CO[C@H](C[C@H]41)[C@@]1(C(=O)N(OC)c4ccccc41)[C@@H]32. The molecule has 26 heavy (non-hydrogen) atoms. The lowest BCUT2D eigenvalue weighted by molar-refractivity contribution is -0.159. The van der Waals surface area contributed by atoms with Crippen molar-refractivity contribution < 1.29 is 14.4 Å². The molecule has 6 rings (SSSR count). The minimum atomic E-state index is -0.669. The summed E-state index contributed by atoms with van der Waals surface area (Å²) in [5.41, 5.74) is 1.27. The number of ether oxygens (including phenoxy) is 1. The van der Waals surface area contributed by atoms with Crippen molar-refractivity contribution >= 4 is 11.6 Å². The van der Waals surface area contributed by atoms with Crippen LogP contribution in [0.15, 0.2) is 36.9 Å². The molecule has 2 saturated heterocycles. The zero-order valence-corrected chi connectivity index (χ0v) is 15.2. The third-order valence-electron chi connectivity index (χ3n) is 8.22. The molecule has 2 saturated carbocycles. The monoisotopic (exact) mass is 352 g/mol. The maximum absolute atomic E-state index is 13.9. The van der Waals surface area contributed by atoms with Gasteiger partial charge in [0.2, 0.25) is 0 Å². The molecule has 5 bridgehead atoms. The third kappa shape index (κ3) is 1.30. The number of carbonyl (C=O) groups excluding carboxylic acids is 1. The number of fused-ring (bicyclic) bond motifs is 5. The molecule has 0 aromatic heterocycles. The van der Waals surface area contributed by atoms with E-state index < -0.39 is 5.41 Å². The van der Waals surface area contributed by atoms with Gasteiger partial charge in [-0.2, -0.15) is 5.06 Å². The summed E-state index contributed by atoms with van der Waals surface area (Å²) in [6, 6.07) is 8.47. The Morgan fingerprint density at radius 1 is 1.38 bits per heavy atom. The molecule has 3 aliphatic heterocycles. The van der Waals surface area contributed by atoms with Gasteiger partial charge >= 0.3 is 0 Å². The van der Waals surface area contributed by atoms with Gasteiger partial charge in [-0.05, 0) is 31.0 Å². The molecule has 1 amide bonds. The molecule has 5 heteroatoms. The van der Waals surface area contributed by atoms with Crippen molar-refractivity contribution in [2.24, 2.45) is 23.2 Å². The lowest BCUT2D eigenvalue weighted by Gasteiger charge is -2.54. The van der Waals surface area contributed by atoms with Crippen molar-refractivity contribution in [1.29, 1.82) is 0 Å². The number of likely N-dealkylation sites (tertiary alicyclic amines) is 1. The van der Waals surface area contributed by atoms with Crippen LogP contribution in [0.1, 0.15) is 12.0 Å². The molecule has 1 unspecified atom stereocenters. The topological polar surface area (TPSA) is 42.0 Å². The zero-order chi connectivity index (χ0) is 17.8. The standard InChI is InChI=1S/C21H24N2O3/c1-4-20-11-22(2)17-12-10-26-16(9-14(12)20)21(18(17)20)13-7-5-6-8-15(13)23(25-3)19(21)24/h4-8,12,14,16-18H,1,9-11H2,2-3H3/t12?,14-,16-,17-,18+,20+,21-/m1/s1. The Hall–Kier alpha value is -1.69. The zero-order valence-electron chi connectivity index (χ0n) is 15.2. The van der Waals surface area contributed by atoms with Gasteiger partial charge in [-0.25, -0.2) is 0 Å². The lowest BCUT2D eigenvalue weighted by atomic mass is 9.51. The van der Waals surface area contributed by atoms with E-state index >= 15 is 0 Å². The summed E-state index contributed by atoms with van der Waals surface area (Å²) in [7, 11) is 3.78. The predicted molar refractivity (Wildman–Crippen MR) is 96.5 cm³/mol. The summed E-state index contributed by atoms with van der Waals surface area (Å²) < 4.78 is 6.39. The highest BCUT2D eigenvalue weighted by Crippen LogP contribution is 2.73. The van der Waals surface area contributed by atoms with Crippen LogP contribution >= 0.6 is 0 Å². The third-order valence-corrected chi connectivity index (χ3v) is 8.22. The van der Waals surface area contributed by atoms with Crippen molar-refractivity contribution in [3.8, 4) is 0 Å². The molecule has 5 nitrogen and oxygen atoms in total. The number of carbonyl (C=O) groups is 1. The highest BCUT2D eigenvalue weighted by molar-refractivity contribution is 6.08. The number of benzene rings is 1. The number of hydrogen-bond donors (Lipinski definition) is 0. The van der Waals surface area contributed by atoms with Gasteiger partial charge in [0.05, 0.1) is 25.5 Å². The van der Waals surface area contributed by atoms with Crippen LogP contribution in [0.5, 0.6) is 0 Å². The fraction of sp³-hybridized carbons (Fsp3) is 0.571. The van der Waals surface area contributed by atoms with Crippen LogP contribution in [-0.2, 0) is 19.8 Å². The second-order valence-electron chi connectivity index (χ2n) is 8.70. The Balaban J connectivity index is 1.68. The Labute approximate surface area is 153 Å². The number of anilines is 1.